The third-order valence-corrected chi connectivity index (χ3v) is 2.81. The van der Waals surface area contributed by atoms with Crippen molar-refractivity contribution in [1.29, 1.82) is 0 Å². The lowest BCUT2D eigenvalue weighted by atomic mass is 10.0. The summed E-state index contributed by atoms with van der Waals surface area (Å²) in [6, 6.07) is 3.62. The van der Waals surface area contributed by atoms with Crippen LogP contribution in [-0.4, -0.2) is 12.8 Å². The van der Waals surface area contributed by atoms with Gasteiger partial charge in [-0.2, -0.15) is 0 Å². The average molecular weight is 214 g/mol. The molecule has 82 valence electrons. The Hall–Kier alpha value is -1.82. The molecule has 1 aromatic rings. The molecule has 16 heavy (non-hydrogen) atoms. The van der Waals surface area contributed by atoms with Gasteiger partial charge in [0.15, 0.2) is 5.69 Å². The van der Waals surface area contributed by atoms with Crippen LogP contribution in [0.2, 0.25) is 0 Å². The zero-order valence-electron chi connectivity index (χ0n) is 9.74. The highest BCUT2D eigenvalue weighted by molar-refractivity contribution is 5.96. The smallest absolute Gasteiger partial charge is 0.193 e. The molecule has 0 bridgehead atoms. The number of methoxy groups -OCH3 is 1. The van der Waals surface area contributed by atoms with Gasteiger partial charge in [-0.1, -0.05) is 13.8 Å². The second kappa shape index (κ2) is 3.97. The van der Waals surface area contributed by atoms with Crippen LogP contribution in [0.15, 0.2) is 17.1 Å². The van der Waals surface area contributed by atoms with E-state index >= 15 is 0 Å². The first-order chi connectivity index (χ1) is 7.65. The summed E-state index contributed by atoms with van der Waals surface area (Å²) in [6.07, 6.45) is 0.842. The van der Waals surface area contributed by atoms with Gasteiger partial charge in [-0.05, 0) is 18.1 Å². The molecule has 0 aromatic heterocycles. The normalized spacial score (nSPS) is 13.3. The van der Waals surface area contributed by atoms with Crippen LogP contribution >= 0.6 is 0 Å². The maximum Gasteiger partial charge on any atom is 0.193 e. The van der Waals surface area contributed by atoms with Gasteiger partial charge in [0.25, 0.3) is 0 Å². The lowest BCUT2D eigenvalue weighted by Gasteiger charge is -2.07. The fourth-order valence-electron chi connectivity index (χ4n) is 1.85. The summed E-state index contributed by atoms with van der Waals surface area (Å²) in [6.45, 7) is 11.3. The first-order valence-corrected chi connectivity index (χ1v) is 5.31. The molecule has 0 spiro atoms. The molecule has 0 amide bonds. The Morgan fingerprint density at radius 2 is 2.19 bits per heavy atom. The highest BCUT2D eigenvalue weighted by atomic mass is 16.5. The highest BCUT2D eigenvalue weighted by Gasteiger charge is 2.21. The average Bonchev–Trinajstić information content (AvgIpc) is 2.71. The summed E-state index contributed by atoms with van der Waals surface area (Å²) < 4.78 is 5.31. The van der Waals surface area contributed by atoms with Crippen LogP contribution in [-0.2, 0) is 6.42 Å². The van der Waals surface area contributed by atoms with E-state index in [9.17, 15) is 0 Å². The molecule has 3 nitrogen and oxygen atoms in total. The van der Waals surface area contributed by atoms with E-state index in [4.69, 9.17) is 11.3 Å². The molecule has 1 aliphatic rings. The molecule has 3 heteroatoms. The predicted octanol–water partition coefficient (Wildman–Crippen LogP) is 3.53. The third-order valence-electron chi connectivity index (χ3n) is 2.81. The van der Waals surface area contributed by atoms with Gasteiger partial charge < -0.3 is 4.74 Å². The zero-order chi connectivity index (χ0) is 11.7. The van der Waals surface area contributed by atoms with Crippen molar-refractivity contribution >= 4 is 17.1 Å². The summed E-state index contributed by atoms with van der Waals surface area (Å²) in [5.41, 5.74) is 3.76. The van der Waals surface area contributed by atoms with E-state index in [1.807, 2.05) is 6.07 Å². The van der Waals surface area contributed by atoms with Gasteiger partial charge in [-0.25, -0.2) is 4.85 Å². The van der Waals surface area contributed by atoms with E-state index in [-0.39, 0.29) is 0 Å². The predicted molar refractivity (Wildman–Crippen MR) is 64.9 cm³/mol. The first kappa shape index (κ1) is 10.7. The zero-order valence-corrected chi connectivity index (χ0v) is 9.74. The van der Waals surface area contributed by atoms with Gasteiger partial charge in [0.2, 0.25) is 0 Å². The van der Waals surface area contributed by atoms with Gasteiger partial charge >= 0.3 is 0 Å². The number of nitrogens with zero attached hydrogens (tertiary/aromatic N) is 2. The number of hydrogen-bond donors (Lipinski definition) is 0. The molecule has 1 aromatic carbocycles. The van der Waals surface area contributed by atoms with Crippen LogP contribution in [0.4, 0.5) is 11.4 Å². The lowest BCUT2D eigenvalue weighted by Crippen LogP contribution is -2.06. The van der Waals surface area contributed by atoms with Crippen LogP contribution in [0.5, 0.6) is 5.75 Å². The molecule has 0 radical (unpaired) electrons. The molecule has 1 heterocycles. The van der Waals surface area contributed by atoms with E-state index in [1.165, 1.54) is 0 Å². The molecule has 0 aliphatic carbocycles. The van der Waals surface area contributed by atoms with Crippen molar-refractivity contribution in [3.05, 3.63) is 29.1 Å². The first-order valence-electron chi connectivity index (χ1n) is 5.31. The minimum absolute atomic E-state index is 0.438. The second-order valence-electron chi connectivity index (χ2n) is 4.19. The van der Waals surface area contributed by atoms with Crippen molar-refractivity contribution in [2.24, 2.45) is 10.9 Å². The third kappa shape index (κ3) is 1.67. The monoisotopic (exact) mass is 214 g/mol. The fourth-order valence-corrected chi connectivity index (χ4v) is 1.85. The second-order valence-corrected chi connectivity index (χ2v) is 4.19. The van der Waals surface area contributed by atoms with Gasteiger partial charge in [-0.3, -0.25) is 4.99 Å². The van der Waals surface area contributed by atoms with Crippen LogP contribution in [0, 0.1) is 12.5 Å². The van der Waals surface area contributed by atoms with E-state index in [0.717, 1.165) is 29.1 Å². The Balaban J connectivity index is 2.50. The summed E-state index contributed by atoms with van der Waals surface area (Å²) in [5.74, 6) is 1.22. The largest absolute Gasteiger partial charge is 0.498 e. The summed E-state index contributed by atoms with van der Waals surface area (Å²) in [7, 11) is 1.64. The summed E-state index contributed by atoms with van der Waals surface area (Å²) in [5, 5.41) is 0. The summed E-state index contributed by atoms with van der Waals surface area (Å²) in [4.78, 5) is 7.99. The van der Waals surface area contributed by atoms with Crippen LogP contribution < -0.4 is 4.74 Å². The molecular weight excluding hydrogens is 200 g/mol. The number of fused-ring (bicyclic) bond motifs is 1. The van der Waals surface area contributed by atoms with Gasteiger partial charge in [-0.15, -0.1) is 0 Å². The minimum Gasteiger partial charge on any atom is -0.498 e. The SMILES string of the molecule is [C-]#[N+]c1cc2c(c(OC)c1)CC(C(C)C)=N2. The fraction of sp³-hybridized carbons (Fsp3) is 0.385. The Kier molecular flexibility index (Phi) is 2.66. The summed E-state index contributed by atoms with van der Waals surface area (Å²) >= 11 is 0. The van der Waals surface area contributed by atoms with E-state index < -0.39 is 0 Å². The molecule has 2 rings (SSSR count). The van der Waals surface area contributed by atoms with E-state index in [1.54, 1.807) is 13.2 Å². The van der Waals surface area contributed by atoms with E-state index in [0.29, 0.717) is 11.6 Å². The van der Waals surface area contributed by atoms with Gasteiger partial charge in [0.05, 0.1) is 19.4 Å². The lowest BCUT2D eigenvalue weighted by molar-refractivity contribution is 0.412. The Morgan fingerprint density at radius 3 is 2.75 bits per heavy atom. The maximum absolute atomic E-state index is 7.03. The number of ether oxygens (including phenoxy) is 1. The minimum atomic E-state index is 0.438. The Labute approximate surface area is 95.6 Å². The standard InChI is InChI=1S/C13H14N2O/c1-8(2)11-7-10-12(15-11)5-9(14-3)6-13(10)16-4/h5-6,8H,7H2,1-2,4H3. The van der Waals surface area contributed by atoms with Crippen LogP contribution in [0.3, 0.4) is 0 Å². The van der Waals surface area contributed by atoms with Crippen molar-refractivity contribution in [2.45, 2.75) is 20.3 Å². The molecule has 1 aliphatic heterocycles. The Bertz CT molecular complexity index is 495. The molecule has 0 saturated heterocycles. The van der Waals surface area contributed by atoms with Crippen molar-refractivity contribution in [2.75, 3.05) is 7.11 Å². The van der Waals surface area contributed by atoms with Crippen LogP contribution in [0.25, 0.3) is 4.85 Å². The number of hydrogen-bond acceptors (Lipinski definition) is 2. The van der Waals surface area contributed by atoms with Crippen molar-refractivity contribution < 1.29 is 4.74 Å². The number of rotatable bonds is 2. The maximum atomic E-state index is 7.03. The molecule has 0 fully saturated rings. The highest BCUT2D eigenvalue weighted by Crippen LogP contribution is 2.39. The molecule has 0 saturated carbocycles. The quantitative estimate of drug-likeness (QED) is 0.691. The molecule has 0 atom stereocenters. The topological polar surface area (TPSA) is 25.9 Å². The van der Waals surface area contributed by atoms with Gasteiger partial charge in [0.1, 0.15) is 5.75 Å². The van der Waals surface area contributed by atoms with Crippen molar-refractivity contribution in [3.8, 4) is 5.75 Å². The van der Waals surface area contributed by atoms with Crippen LogP contribution in [0.1, 0.15) is 19.4 Å². The van der Waals surface area contributed by atoms with E-state index in [2.05, 4.69) is 23.7 Å². The van der Waals surface area contributed by atoms with Crippen molar-refractivity contribution in [3.63, 3.8) is 0 Å². The number of aliphatic imine (C=N–C) groups is 1. The Morgan fingerprint density at radius 1 is 1.44 bits per heavy atom. The van der Waals surface area contributed by atoms with Gasteiger partial charge in [0, 0.05) is 17.7 Å². The number of benzene rings is 1. The van der Waals surface area contributed by atoms with Crippen molar-refractivity contribution in [1.82, 2.24) is 0 Å². The molecule has 0 unspecified atom stereocenters. The molecule has 0 N–H and O–H groups in total. The molecular formula is C13H14N2O.